The van der Waals surface area contributed by atoms with E-state index in [1.54, 1.807) is 6.08 Å². The van der Waals surface area contributed by atoms with Gasteiger partial charge in [-0.05, 0) is 57.8 Å². The van der Waals surface area contributed by atoms with Crippen LogP contribution in [0.1, 0.15) is 380 Å². The minimum absolute atomic E-state index is 0.0127. The number of carbonyl (C=O) groups is 2. The molecule has 6 heteroatoms. The predicted octanol–water partition coefficient (Wildman–Crippen LogP) is 21.8. The Kier molecular flexibility index (Phi) is 63.4. The Morgan fingerprint density at radius 2 is 0.627 bits per heavy atom. The molecule has 2 atom stereocenters. The zero-order valence-corrected chi connectivity index (χ0v) is 50.8. The summed E-state index contributed by atoms with van der Waals surface area (Å²) in [6.45, 7) is 4.94. The fraction of sp³-hybridized carbons (Fsp3) is 0.913. The molecule has 0 bridgehead atoms. The van der Waals surface area contributed by atoms with Crippen LogP contribution in [-0.2, 0) is 14.3 Å². The van der Waals surface area contributed by atoms with E-state index >= 15 is 0 Å². The van der Waals surface area contributed by atoms with E-state index in [2.05, 4.69) is 31.3 Å². The van der Waals surface area contributed by atoms with Crippen molar-refractivity contribution in [2.24, 2.45) is 0 Å². The molecule has 444 valence electrons. The largest absolute Gasteiger partial charge is 0.466 e. The Bertz CT molecular complexity index is 1170. The van der Waals surface area contributed by atoms with Gasteiger partial charge in [-0.1, -0.05) is 334 Å². The molecule has 0 aromatic rings. The minimum atomic E-state index is -0.850. The van der Waals surface area contributed by atoms with Crippen molar-refractivity contribution in [2.45, 2.75) is 392 Å². The summed E-state index contributed by atoms with van der Waals surface area (Å²) >= 11 is 0. The monoisotopic (exact) mass is 1060 g/mol. The number of hydrogen-bond acceptors (Lipinski definition) is 5. The molecule has 0 aromatic heterocycles. The van der Waals surface area contributed by atoms with Crippen molar-refractivity contribution in [1.29, 1.82) is 0 Å². The molecule has 0 saturated heterocycles. The summed E-state index contributed by atoms with van der Waals surface area (Å²) in [6, 6.07) is -0.634. The first-order valence-corrected chi connectivity index (χ1v) is 34.1. The lowest BCUT2D eigenvalue weighted by molar-refractivity contribution is -0.143. The second-order valence-corrected chi connectivity index (χ2v) is 23.5. The highest BCUT2D eigenvalue weighted by molar-refractivity contribution is 5.76. The van der Waals surface area contributed by atoms with Gasteiger partial charge in [-0.3, -0.25) is 9.59 Å². The van der Waals surface area contributed by atoms with Gasteiger partial charge < -0.3 is 20.3 Å². The number of hydrogen-bond donors (Lipinski definition) is 3. The molecule has 1 amide bonds. The Morgan fingerprint density at radius 3 is 0.947 bits per heavy atom. The molecule has 75 heavy (non-hydrogen) atoms. The van der Waals surface area contributed by atoms with Crippen molar-refractivity contribution in [3.05, 3.63) is 24.3 Å². The molecule has 0 aliphatic rings. The number of amides is 1. The van der Waals surface area contributed by atoms with Gasteiger partial charge in [0.15, 0.2) is 0 Å². The Hall–Kier alpha value is -1.66. The summed E-state index contributed by atoms with van der Waals surface area (Å²) in [6.07, 6.45) is 80.9. The first-order valence-electron chi connectivity index (χ1n) is 34.1. The third kappa shape index (κ3) is 61.4. The zero-order valence-electron chi connectivity index (χ0n) is 50.8. The molecule has 0 aliphatic carbocycles. The highest BCUT2D eigenvalue weighted by Crippen LogP contribution is 2.18. The van der Waals surface area contributed by atoms with E-state index in [4.69, 9.17) is 4.74 Å². The molecule has 0 fully saturated rings. The molecule has 0 radical (unpaired) electrons. The van der Waals surface area contributed by atoms with Crippen LogP contribution in [0.3, 0.4) is 0 Å². The van der Waals surface area contributed by atoms with Crippen LogP contribution in [0.5, 0.6) is 0 Å². The number of allylic oxidation sites excluding steroid dienone is 3. The maximum atomic E-state index is 12.5. The molecule has 0 saturated carbocycles. The Labute approximate surface area is 469 Å². The fourth-order valence-corrected chi connectivity index (χ4v) is 10.7. The topological polar surface area (TPSA) is 95.9 Å². The van der Waals surface area contributed by atoms with Crippen LogP contribution in [0.4, 0.5) is 0 Å². The number of rotatable bonds is 64. The second kappa shape index (κ2) is 64.9. The van der Waals surface area contributed by atoms with Gasteiger partial charge in [-0.2, -0.15) is 0 Å². The van der Waals surface area contributed by atoms with Crippen molar-refractivity contribution >= 4 is 11.9 Å². The quantitative estimate of drug-likeness (QED) is 0.0320. The number of aliphatic hydroxyl groups excluding tert-OH is 2. The normalized spacial score (nSPS) is 12.6. The Morgan fingerprint density at radius 1 is 0.360 bits per heavy atom. The molecule has 2 unspecified atom stereocenters. The lowest BCUT2D eigenvalue weighted by Gasteiger charge is -2.20. The lowest BCUT2D eigenvalue weighted by Crippen LogP contribution is -2.45. The summed E-state index contributed by atoms with van der Waals surface area (Å²) in [5.74, 6) is -0.0597. The number of unbranched alkanes of at least 4 members (excludes halogenated alkanes) is 51. The third-order valence-electron chi connectivity index (χ3n) is 16.0. The van der Waals surface area contributed by atoms with Gasteiger partial charge in [0.05, 0.1) is 25.4 Å². The summed E-state index contributed by atoms with van der Waals surface area (Å²) in [5.41, 5.74) is 0. The minimum Gasteiger partial charge on any atom is -0.466 e. The van der Waals surface area contributed by atoms with Gasteiger partial charge in [0, 0.05) is 12.8 Å². The van der Waals surface area contributed by atoms with E-state index in [1.165, 1.54) is 308 Å². The average molecular weight is 1060 g/mol. The van der Waals surface area contributed by atoms with Crippen LogP contribution in [0.15, 0.2) is 24.3 Å². The van der Waals surface area contributed by atoms with Crippen LogP contribution in [0.2, 0.25) is 0 Å². The molecule has 0 aromatic carbocycles. The summed E-state index contributed by atoms with van der Waals surface area (Å²) in [4.78, 5) is 24.6. The van der Waals surface area contributed by atoms with E-state index in [0.29, 0.717) is 19.4 Å². The van der Waals surface area contributed by atoms with E-state index in [9.17, 15) is 19.8 Å². The molecular formula is C69H133NO5. The van der Waals surface area contributed by atoms with E-state index in [0.717, 1.165) is 44.9 Å². The van der Waals surface area contributed by atoms with Crippen molar-refractivity contribution < 1.29 is 24.5 Å². The highest BCUT2D eigenvalue weighted by Gasteiger charge is 2.18. The highest BCUT2D eigenvalue weighted by atomic mass is 16.5. The zero-order chi connectivity index (χ0) is 54.3. The van der Waals surface area contributed by atoms with Gasteiger partial charge in [-0.25, -0.2) is 0 Å². The average Bonchev–Trinajstić information content (AvgIpc) is 3.41. The standard InChI is InChI=1S/C69H133NO5/c1-3-5-7-9-11-13-15-17-19-21-26-29-33-37-41-45-49-53-57-61-67(72)66(65-71)70-68(73)62-58-54-50-46-42-38-34-30-27-24-23-25-28-32-36-40-44-48-52-56-60-64-75-69(74)63-59-55-51-47-43-39-35-31-22-20-18-16-14-12-10-8-6-4-2/h24,27,57,61,66-67,71-72H,3-23,25-26,28-56,58-60,62-65H2,1-2H3,(H,70,73)/b27-24-,61-57+. The maximum absolute atomic E-state index is 12.5. The van der Waals surface area contributed by atoms with Crippen LogP contribution in [0.25, 0.3) is 0 Å². The van der Waals surface area contributed by atoms with Gasteiger partial charge in [0.1, 0.15) is 0 Å². The van der Waals surface area contributed by atoms with Crippen LogP contribution in [0, 0.1) is 0 Å². The van der Waals surface area contributed by atoms with Gasteiger partial charge in [0.2, 0.25) is 5.91 Å². The van der Waals surface area contributed by atoms with E-state index in [1.807, 2.05) is 6.08 Å². The maximum Gasteiger partial charge on any atom is 0.305 e. The fourth-order valence-electron chi connectivity index (χ4n) is 10.7. The molecule has 0 aliphatic heterocycles. The van der Waals surface area contributed by atoms with Crippen LogP contribution < -0.4 is 5.32 Å². The number of ether oxygens (including phenoxy) is 1. The van der Waals surface area contributed by atoms with E-state index in [-0.39, 0.29) is 18.5 Å². The molecule has 0 heterocycles. The third-order valence-corrected chi connectivity index (χ3v) is 16.0. The second-order valence-electron chi connectivity index (χ2n) is 23.5. The van der Waals surface area contributed by atoms with Crippen molar-refractivity contribution in [2.75, 3.05) is 13.2 Å². The number of esters is 1. The van der Waals surface area contributed by atoms with Gasteiger partial charge >= 0.3 is 5.97 Å². The van der Waals surface area contributed by atoms with Crippen molar-refractivity contribution in [3.8, 4) is 0 Å². The van der Waals surface area contributed by atoms with Crippen LogP contribution in [-0.4, -0.2) is 47.4 Å². The van der Waals surface area contributed by atoms with E-state index < -0.39 is 12.1 Å². The summed E-state index contributed by atoms with van der Waals surface area (Å²) in [7, 11) is 0. The Balaban J connectivity index is 3.42. The number of nitrogens with one attached hydrogen (secondary N) is 1. The lowest BCUT2D eigenvalue weighted by atomic mass is 10.0. The summed E-state index contributed by atoms with van der Waals surface area (Å²) < 4.78 is 5.50. The van der Waals surface area contributed by atoms with Gasteiger partial charge in [-0.15, -0.1) is 0 Å². The first kappa shape index (κ1) is 73.3. The van der Waals surface area contributed by atoms with Crippen LogP contribution >= 0.6 is 0 Å². The number of aliphatic hydroxyl groups is 2. The first-order chi connectivity index (χ1) is 37.0. The van der Waals surface area contributed by atoms with Crippen molar-refractivity contribution in [1.82, 2.24) is 5.32 Å². The molecule has 3 N–H and O–H groups in total. The molecular weight excluding hydrogens is 923 g/mol. The SMILES string of the molecule is CCCCCCCCCCCCCCCCCCC/C=C/C(O)C(CO)NC(=O)CCCCCCCCC/C=C\CCCCCCCCCCCCOC(=O)CCCCCCCCCCCCCCCCCCCC. The number of carbonyl (C=O) groups excluding carboxylic acids is 2. The molecule has 6 nitrogen and oxygen atoms in total. The summed E-state index contributed by atoms with van der Waals surface area (Å²) in [5, 5.41) is 23.2. The predicted molar refractivity (Wildman–Crippen MR) is 329 cm³/mol. The van der Waals surface area contributed by atoms with Gasteiger partial charge in [0.25, 0.3) is 0 Å². The smallest absolute Gasteiger partial charge is 0.305 e. The van der Waals surface area contributed by atoms with Crippen molar-refractivity contribution in [3.63, 3.8) is 0 Å². The molecule has 0 rings (SSSR count). The molecule has 0 spiro atoms.